The minimum Gasteiger partial charge on any atom is -0.455 e. The molecule has 0 amide bonds. The molecule has 0 fully saturated rings. The van der Waals surface area contributed by atoms with Crippen molar-refractivity contribution in [3.63, 3.8) is 0 Å². The number of rotatable bonds is 3. The zero-order valence-corrected chi connectivity index (χ0v) is 25.7. The summed E-state index contributed by atoms with van der Waals surface area (Å²) in [5, 5.41) is 10.1. The van der Waals surface area contributed by atoms with Gasteiger partial charge in [0.05, 0.1) is 0 Å². The van der Waals surface area contributed by atoms with Crippen molar-refractivity contribution in [1.82, 2.24) is 0 Å². The van der Waals surface area contributed by atoms with E-state index in [2.05, 4.69) is 148 Å². The summed E-state index contributed by atoms with van der Waals surface area (Å²) in [7, 11) is 0. The van der Waals surface area contributed by atoms with Crippen molar-refractivity contribution in [2.24, 2.45) is 0 Å². The second kappa shape index (κ2) is 9.55. The molecule has 0 radical (unpaired) electrons. The first-order valence-corrected chi connectivity index (χ1v) is 15.8. The van der Waals surface area contributed by atoms with E-state index in [1.807, 2.05) is 12.1 Å². The Bertz CT molecular complexity index is 2520. The van der Waals surface area contributed by atoms with E-state index in [1.54, 1.807) is 0 Å². The summed E-state index contributed by atoms with van der Waals surface area (Å²) < 4.78 is 6.33. The molecule has 0 saturated carbocycles. The molecular formula is C44H32O. The molecule has 0 saturated heterocycles. The maximum absolute atomic E-state index is 6.33. The van der Waals surface area contributed by atoms with Gasteiger partial charge < -0.3 is 4.42 Å². The lowest BCUT2D eigenvalue weighted by Crippen LogP contribution is -2.10. The SMILES string of the molecule is CC(C)(C)c1ccc(-c2cc3ccc4ccc(-c5ccc(-c6cccc7c6oc6ccccc67)cc5)c5ccc(c2)c3c45)cc1. The Morgan fingerprint density at radius 3 is 1.80 bits per heavy atom. The quantitative estimate of drug-likeness (QED) is 0.191. The topological polar surface area (TPSA) is 13.1 Å². The first kappa shape index (κ1) is 26.0. The van der Waals surface area contributed by atoms with Crippen LogP contribution in [0.3, 0.4) is 0 Å². The molecule has 45 heavy (non-hydrogen) atoms. The van der Waals surface area contributed by atoms with Crippen LogP contribution in [0.1, 0.15) is 26.3 Å². The van der Waals surface area contributed by atoms with Gasteiger partial charge in [-0.2, -0.15) is 0 Å². The van der Waals surface area contributed by atoms with Crippen molar-refractivity contribution in [1.29, 1.82) is 0 Å². The smallest absolute Gasteiger partial charge is 0.143 e. The third kappa shape index (κ3) is 4.08. The lowest BCUT2D eigenvalue weighted by atomic mass is 9.85. The fourth-order valence-corrected chi connectivity index (χ4v) is 7.20. The zero-order chi connectivity index (χ0) is 30.3. The fourth-order valence-electron chi connectivity index (χ4n) is 7.20. The van der Waals surface area contributed by atoms with E-state index in [4.69, 9.17) is 4.42 Å². The Morgan fingerprint density at radius 2 is 1.04 bits per heavy atom. The molecule has 1 nitrogen and oxygen atoms in total. The van der Waals surface area contributed by atoms with Crippen molar-refractivity contribution in [3.05, 3.63) is 145 Å². The Morgan fingerprint density at radius 1 is 0.422 bits per heavy atom. The summed E-state index contributed by atoms with van der Waals surface area (Å²) in [4.78, 5) is 0. The van der Waals surface area contributed by atoms with E-state index in [0.717, 1.165) is 33.1 Å². The van der Waals surface area contributed by atoms with E-state index in [9.17, 15) is 0 Å². The summed E-state index contributed by atoms with van der Waals surface area (Å²) in [6, 6.07) is 51.2. The Balaban J connectivity index is 1.14. The second-order valence-electron chi connectivity index (χ2n) is 13.4. The summed E-state index contributed by atoms with van der Waals surface area (Å²) in [5.41, 5.74) is 10.6. The molecule has 0 aliphatic rings. The highest BCUT2D eigenvalue weighted by Gasteiger charge is 2.16. The number of benzene rings is 8. The monoisotopic (exact) mass is 576 g/mol. The maximum Gasteiger partial charge on any atom is 0.143 e. The highest BCUT2D eigenvalue weighted by atomic mass is 16.3. The van der Waals surface area contributed by atoms with Gasteiger partial charge in [-0.15, -0.1) is 0 Å². The van der Waals surface area contributed by atoms with E-state index in [-0.39, 0.29) is 5.41 Å². The molecule has 214 valence electrons. The van der Waals surface area contributed by atoms with Crippen LogP contribution in [-0.4, -0.2) is 0 Å². The van der Waals surface area contributed by atoms with Crippen molar-refractivity contribution < 1.29 is 4.42 Å². The second-order valence-corrected chi connectivity index (χ2v) is 13.4. The summed E-state index contributed by atoms with van der Waals surface area (Å²) in [6.45, 7) is 6.79. The summed E-state index contributed by atoms with van der Waals surface area (Å²) >= 11 is 0. The predicted octanol–water partition coefficient (Wildman–Crippen LogP) is 12.8. The molecule has 0 bridgehead atoms. The van der Waals surface area contributed by atoms with Crippen LogP contribution in [0.2, 0.25) is 0 Å². The van der Waals surface area contributed by atoms with Gasteiger partial charge in [0.25, 0.3) is 0 Å². The number of furan rings is 1. The lowest BCUT2D eigenvalue weighted by molar-refractivity contribution is 0.590. The number of hydrogen-bond acceptors (Lipinski definition) is 1. The minimum atomic E-state index is 0.145. The van der Waals surface area contributed by atoms with Crippen LogP contribution in [0.5, 0.6) is 0 Å². The van der Waals surface area contributed by atoms with Crippen molar-refractivity contribution in [3.8, 4) is 33.4 Å². The average molecular weight is 577 g/mol. The number of para-hydroxylation sites is 2. The highest BCUT2D eigenvalue weighted by molar-refractivity contribution is 6.26. The summed E-state index contributed by atoms with van der Waals surface area (Å²) in [5.74, 6) is 0. The molecule has 9 aromatic rings. The molecule has 8 aromatic carbocycles. The van der Waals surface area contributed by atoms with Gasteiger partial charge in [-0.05, 0) is 89.3 Å². The largest absolute Gasteiger partial charge is 0.455 e. The predicted molar refractivity (Wildman–Crippen MR) is 192 cm³/mol. The van der Waals surface area contributed by atoms with Gasteiger partial charge in [-0.1, -0.05) is 142 Å². The number of hydrogen-bond donors (Lipinski definition) is 0. The van der Waals surface area contributed by atoms with Crippen LogP contribution in [0.4, 0.5) is 0 Å². The molecule has 0 aliphatic carbocycles. The normalized spacial score (nSPS) is 12.3. The molecular weight excluding hydrogens is 544 g/mol. The Labute approximate surface area is 262 Å². The van der Waals surface area contributed by atoms with Gasteiger partial charge in [0.1, 0.15) is 11.2 Å². The van der Waals surface area contributed by atoms with Gasteiger partial charge in [0.2, 0.25) is 0 Å². The maximum atomic E-state index is 6.33. The van der Waals surface area contributed by atoms with Crippen molar-refractivity contribution >= 4 is 54.3 Å². The molecule has 0 atom stereocenters. The van der Waals surface area contributed by atoms with Gasteiger partial charge in [-0.3, -0.25) is 0 Å². The molecule has 0 aliphatic heterocycles. The van der Waals surface area contributed by atoms with Gasteiger partial charge in [-0.25, -0.2) is 0 Å². The van der Waals surface area contributed by atoms with Crippen LogP contribution >= 0.6 is 0 Å². The van der Waals surface area contributed by atoms with Crippen LogP contribution in [0.25, 0.3) is 87.6 Å². The first-order chi connectivity index (χ1) is 21.9. The molecule has 1 aromatic heterocycles. The molecule has 0 unspecified atom stereocenters. The van der Waals surface area contributed by atoms with Crippen molar-refractivity contribution in [2.45, 2.75) is 26.2 Å². The van der Waals surface area contributed by atoms with Gasteiger partial charge in [0, 0.05) is 16.3 Å². The minimum absolute atomic E-state index is 0.145. The first-order valence-electron chi connectivity index (χ1n) is 15.8. The van der Waals surface area contributed by atoms with Crippen LogP contribution in [0.15, 0.2) is 144 Å². The Kier molecular flexibility index (Phi) is 5.53. The molecule has 0 spiro atoms. The third-order valence-corrected chi connectivity index (χ3v) is 9.59. The van der Waals surface area contributed by atoms with E-state index < -0.39 is 0 Å². The number of fused-ring (bicyclic) bond motifs is 3. The lowest BCUT2D eigenvalue weighted by Gasteiger charge is -2.19. The van der Waals surface area contributed by atoms with Crippen LogP contribution in [0, 0.1) is 0 Å². The van der Waals surface area contributed by atoms with Crippen LogP contribution < -0.4 is 0 Å². The third-order valence-electron chi connectivity index (χ3n) is 9.59. The molecule has 0 N–H and O–H groups in total. The highest BCUT2D eigenvalue weighted by Crippen LogP contribution is 2.42. The Hall–Kier alpha value is -5.40. The van der Waals surface area contributed by atoms with E-state index >= 15 is 0 Å². The summed E-state index contributed by atoms with van der Waals surface area (Å²) in [6.07, 6.45) is 0. The van der Waals surface area contributed by atoms with Crippen molar-refractivity contribution in [2.75, 3.05) is 0 Å². The van der Waals surface area contributed by atoms with E-state index in [0.29, 0.717) is 0 Å². The average Bonchev–Trinajstić information content (AvgIpc) is 3.46. The van der Waals surface area contributed by atoms with Gasteiger partial charge in [0.15, 0.2) is 0 Å². The zero-order valence-electron chi connectivity index (χ0n) is 25.7. The standard InChI is InChI=1S/C44H32O/c1-44(2,3)34-21-17-27(18-22-34)33-25-31-16-15-30-19-23-35(38-24-20-32(26-33)41(31)42(30)38)28-11-13-29(14-12-28)36-8-6-9-39-37-7-4-5-10-40(37)45-43(36)39/h4-26H,1-3H3. The molecule has 1 heteroatoms. The molecule has 1 heterocycles. The van der Waals surface area contributed by atoms with Crippen LogP contribution in [-0.2, 0) is 5.41 Å². The van der Waals surface area contributed by atoms with E-state index in [1.165, 1.54) is 60.1 Å². The fraction of sp³-hybridized carbons (Fsp3) is 0.0909. The molecule has 9 rings (SSSR count). The van der Waals surface area contributed by atoms with Gasteiger partial charge >= 0.3 is 0 Å².